The molecule has 2 aromatic carbocycles. The van der Waals surface area contributed by atoms with Crippen molar-refractivity contribution < 1.29 is 14.7 Å². The fourth-order valence-corrected chi connectivity index (χ4v) is 2.30. The van der Waals surface area contributed by atoms with Gasteiger partial charge in [0.05, 0.1) is 11.7 Å². The van der Waals surface area contributed by atoms with Gasteiger partial charge >= 0.3 is 0 Å². The van der Waals surface area contributed by atoms with E-state index < -0.39 is 11.9 Å². The highest BCUT2D eigenvalue weighted by Crippen LogP contribution is 2.19. The summed E-state index contributed by atoms with van der Waals surface area (Å²) in [7, 11) is 0. The third-order valence-electron chi connectivity index (χ3n) is 3.43. The molecular formula is C18H13N2O3-. The molecule has 0 aliphatic rings. The number of carbonyl (C=O) groups is 2. The Labute approximate surface area is 132 Å². The number of nitrogens with one attached hydrogen (secondary N) is 2. The second kappa shape index (κ2) is 6.19. The van der Waals surface area contributed by atoms with Crippen molar-refractivity contribution in [1.82, 2.24) is 10.3 Å². The van der Waals surface area contributed by atoms with Crippen LogP contribution in [0.25, 0.3) is 17.0 Å². The Hall–Kier alpha value is -3.34. The van der Waals surface area contributed by atoms with E-state index in [1.165, 1.54) is 6.08 Å². The molecule has 0 aliphatic carbocycles. The highest BCUT2D eigenvalue weighted by molar-refractivity contribution is 6.03. The van der Waals surface area contributed by atoms with Crippen LogP contribution in [0.3, 0.4) is 0 Å². The van der Waals surface area contributed by atoms with Gasteiger partial charge in [-0.3, -0.25) is 4.79 Å². The maximum absolute atomic E-state index is 12.1. The normalized spacial score (nSPS) is 11.4. The monoisotopic (exact) mass is 305 g/mol. The number of benzene rings is 2. The van der Waals surface area contributed by atoms with Crippen molar-refractivity contribution in [3.05, 3.63) is 77.6 Å². The fourth-order valence-electron chi connectivity index (χ4n) is 2.30. The van der Waals surface area contributed by atoms with E-state index in [-0.39, 0.29) is 5.70 Å². The second-order valence-corrected chi connectivity index (χ2v) is 4.96. The molecule has 1 aromatic heterocycles. The summed E-state index contributed by atoms with van der Waals surface area (Å²) in [5.74, 6) is -1.94. The Morgan fingerprint density at radius 2 is 1.70 bits per heavy atom. The molecule has 0 spiro atoms. The zero-order valence-electron chi connectivity index (χ0n) is 12.1. The van der Waals surface area contributed by atoms with Crippen LogP contribution >= 0.6 is 0 Å². The van der Waals surface area contributed by atoms with Crippen molar-refractivity contribution in [2.75, 3.05) is 0 Å². The van der Waals surface area contributed by atoms with E-state index in [1.807, 2.05) is 24.3 Å². The molecule has 23 heavy (non-hydrogen) atoms. The number of carboxylic acids is 1. The van der Waals surface area contributed by atoms with Gasteiger partial charge in [0, 0.05) is 28.2 Å². The minimum Gasteiger partial charge on any atom is -0.543 e. The van der Waals surface area contributed by atoms with Crippen LogP contribution in [0, 0.1) is 0 Å². The Morgan fingerprint density at radius 3 is 2.43 bits per heavy atom. The van der Waals surface area contributed by atoms with Gasteiger partial charge in [-0.2, -0.15) is 0 Å². The molecule has 0 atom stereocenters. The van der Waals surface area contributed by atoms with Crippen LogP contribution < -0.4 is 10.4 Å². The van der Waals surface area contributed by atoms with Crippen molar-refractivity contribution in [2.24, 2.45) is 0 Å². The van der Waals surface area contributed by atoms with E-state index >= 15 is 0 Å². The summed E-state index contributed by atoms with van der Waals surface area (Å²) in [6, 6.07) is 15.9. The summed E-state index contributed by atoms with van der Waals surface area (Å²) in [4.78, 5) is 26.5. The average Bonchev–Trinajstić information content (AvgIpc) is 2.98. The summed E-state index contributed by atoms with van der Waals surface area (Å²) in [6.07, 6.45) is 3.07. The predicted octanol–water partition coefficient (Wildman–Crippen LogP) is 1.69. The Bertz CT molecular complexity index is 895. The first-order chi connectivity index (χ1) is 11.1. The summed E-state index contributed by atoms with van der Waals surface area (Å²) in [5.41, 5.74) is 1.63. The number of carbonyl (C=O) groups excluding carboxylic acids is 2. The predicted molar refractivity (Wildman–Crippen MR) is 85.2 cm³/mol. The molecule has 3 rings (SSSR count). The molecule has 5 heteroatoms. The van der Waals surface area contributed by atoms with Crippen LogP contribution in [0.2, 0.25) is 0 Å². The average molecular weight is 305 g/mol. The summed E-state index contributed by atoms with van der Waals surface area (Å²) in [5, 5.41) is 14.6. The molecule has 0 saturated carbocycles. The number of rotatable bonds is 4. The van der Waals surface area contributed by atoms with Crippen molar-refractivity contribution in [2.45, 2.75) is 0 Å². The van der Waals surface area contributed by atoms with Gasteiger partial charge in [0.2, 0.25) is 0 Å². The number of hydrogen-bond donors (Lipinski definition) is 2. The van der Waals surface area contributed by atoms with Gasteiger partial charge in [-0.25, -0.2) is 0 Å². The van der Waals surface area contributed by atoms with Gasteiger partial charge in [0.15, 0.2) is 0 Å². The number of amides is 1. The maximum Gasteiger partial charge on any atom is 0.255 e. The first-order valence-electron chi connectivity index (χ1n) is 7.01. The van der Waals surface area contributed by atoms with Crippen LogP contribution in [0.4, 0.5) is 0 Å². The first-order valence-corrected chi connectivity index (χ1v) is 7.01. The zero-order chi connectivity index (χ0) is 16.2. The Morgan fingerprint density at radius 1 is 1.00 bits per heavy atom. The number of aliphatic carboxylic acids is 1. The fraction of sp³-hybridized carbons (Fsp3) is 0. The third-order valence-corrected chi connectivity index (χ3v) is 3.43. The lowest BCUT2D eigenvalue weighted by atomic mass is 10.1. The highest BCUT2D eigenvalue weighted by Gasteiger charge is 2.09. The molecule has 1 amide bonds. The Kier molecular flexibility index (Phi) is 3.93. The molecular weight excluding hydrogens is 292 g/mol. The molecule has 0 aliphatic heterocycles. The lowest BCUT2D eigenvalue weighted by Gasteiger charge is -2.10. The summed E-state index contributed by atoms with van der Waals surface area (Å²) < 4.78 is 0. The SMILES string of the molecule is O=C([O-])/C(=C\c1c[nH]c2ccccc12)NC(=O)c1ccccc1. The van der Waals surface area contributed by atoms with Crippen LogP contribution in [0.15, 0.2) is 66.5 Å². The van der Waals surface area contributed by atoms with Crippen LogP contribution in [0.1, 0.15) is 15.9 Å². The quantitative estimate of drug-likeness (QED) is 0.719. The molecule has 3 aromatic rings. The minimum absolute atomic E-state index is 0.288. The van der Waals surface area contributed by atoms with Crippen molar-refractivity contribution >= 4 is 28.9 Å². The van der Waals surface area contributed by atoms with E-state index in [2.05, 4.69) is 10.3 Å². The summed E-state index contributed by atoms with van der Waals surface area (Å²) in [6.45, 7) is 0. The van der Waals surface area contributed by atoms with E-state index in [0.29, 0.717) is 11.1 Å². The highest BCUT2D eigenvalue weighted by atomic mass is 16.4. The molecule has 0 radical (unpaired) electrons. The number of para-hydroxylation sites is 1. The van der Waals surface area contributed by atoms with E-state index in [9.17, 15) is 14.7 Å². The Balaban J connectivity index is 1.93. The number of aromatic amines is 1. The maximum atomic E-state index is 12.1. The largest absolute Gasteiger partial charge is 0.543 e. The third kappa shape index (κ3) is 3.13. The van der Waals surface area contributed by atoms with Gasteiger partial charge in [0.1, 0.15) is 0 Å². The van der Waals surface area contributed by atoms with Crippen LogP contribution in [-0.2, 0) is 4.79 Å². The van der Waals surface area contributed by atoms with E-state index in [1.54, 1.807) is 36.5 Å². The molecule has 114 valence electrons. The summed E-state index contributed by atoms with van der Waals surface area (Å²) >= 11 is 0. The molecule has 2 N–H and O–H groups in total. The van der Waals surface area contributed by atoms with Gasteiger partial charge in [0.25, 0.3) is 5.91 Å². The molecule has 0 unspecified atom stereocenters. The lowest BCUT2D eigenvalue weighted by molar-refractivity contribution is -0.299. The first kappa shape index (κ1) is 14.6. The number of aromatic nitrogens is 1. The molecule has 0 saturated heterocycles. The molecule has 0 fully saturated rings. The number of fused-ring (bicyclic) bond motifs is 1. The van der Waals surface area contributed by atoms with Gasteiger partial charge in [-0.1, -0.05) is 36.4 Å². The lowest BCUT2D eigenvalue weighted by Crippen LogP contribution is -2.35. The number of hydrogen-bond acceptors (Lipinski definition) is 3. The number of carboxylic acid groups (broad SMARTS) is 1. The van der Waals surface area contributed by atoms with Crippen molar-refractivity contribution in [3.8, 4) is 0 Å². The second-order valence-electron chi connectivity index (χ2n) is 4.96. The minimum atomic E-state index is -1.44. The zero-order valence-corrected chi connectivity index (χ0v) is 12.1. The topological polar surface area (TPSA) is 85.0 Å². The van der Waals surface area contributed by atoms with Gasteiger partial charge in [-0.05, 0) is 24.3 Å². The molecule has 1 heterocycles. The van der Waals surface area contributed by atoms with Gasteiger partial charge < -0.3 is 20.2 Å². The van der Waals surface area contributed by atoms with Crippen molar-refractivity contribution in [1.29, 1.82) is 0 Å². The van der Waals surface area contributed by atoms with E-state index in [0.717, 1.165) is 10.9 Å². The van der Waals surface area contributed by atoms with Crippen molar-refractivity contribution in [3.63, 3.8) is 0 Å². The molecule has 0 bridgehead atoms. The van der Waals surface area contributed by atoms with Gasteiger partial charge in [-0.15, -0.1) is 0 Å². The number of H-pyrrole nitrogens is 1. The smallest absolute Gasteiger partial charge is 0.255 e. The van der Waals surface area contributed by atoms with E-state index in [4.69, 9.17) is 0 Å². The van der Waals surface area contributed by atoms with Crippen LogP contribution in [0.5, 0.6) is 0 Å². The molecule has 5 nitrogen and oxygen atoms in total. The standard InChI is InChI=1S/C18H14N2O3/c21-17(12-6-2-1-3-7-12)20-16(18(22)23)10-13-11-19-15-9-5-4-8-14(13)15/h1-11,19H,(H,20,21)(H,22,23)/p-1/b16-10+. The van der Waals surface area contributed by atoms with Crippen LogP contribution in [-0.4, -0.2) is 16.9 Å².